The van der Waals surface area contributed by atoms with Crippen LogP contribution in [0.25, 0.3) is 0 Å². The monoisotopic (exact) mass is 119 g/mol. The average Bonchev–Trinajstić information content (AvgIpc) is 1.65. The minimum atomic E-state index is -1.42. The number of aliphatic hydroxyl groups excluding tert-OH is 1. The molecular weight excluding hydrogens is 110 g/mol. The van der Waals surface area contributed by atoms with E-state index in [1.807, 2.05) is 0 Å². The van der Waals surface area contributed by atoms with Crippen molar-refractivity contribution in [1.29, 1.82) is 0 Å². The molecule has 0 spiro atoms. The van der Waals surface area contributed by atoms with Crippen LogP contribution < -0.4 is 6.15 Å². The summed E-state index contributed by atoms with van der Waals surface area (Å²) in [5.41, 5.74) is 0. The van der Waals surface area contributed by atoms with Crippen molar-refractivity contribution in [2.45, 2.75) is 6.10 Å². The van der Waals surface area contributed by atoms with E-state index < -0.39 is 12.1 Å². The van der Waals surface area contributed by atoms with E-state index in [-0.39, 0.29) is 6.15 Å². The van der Waals surface area contributed by atoms with Crippen LogP contribution in [0.4, 0.5) is 0 Å². The summed E-state index contributed by atoms with van der Waals surface area (Å²) >= 11 is 0. The van der Waals surface area contributed by atoms with Gasteiger partial charge in [-0.15, -0.1) is 0 Å². The molecule has 0 saturated heterocycles. The Hall–Kier alpha value is -0.870. The second-order valence-electron chi connectivity index (χ2n) is 1.02. The Kier molecular flexibility index (Phi) is 5.46. The van der Waals surface area contributed by atoms with Gasteiger partial charge in [-0.2, -0.15) is 0 Å². The smallest absolute Gasteiger partial charge is 0.336 e. The Morgan fingerprint density at radius 1 is 1.75 bits per heavy atom. The van der Waals surface area contributed by atoms with Crippen LogP contribution >= 0.6 is 0 Å². The summed E-state index contributed by atoms with van der Waals surface area (Å²) < 4.78 is 0. The Bertz CT molecular complexity index is 91.3. The number of carbonyl (C=O) groups is 1. The predicted molar refractivity (Wildman–Crippen MR) is 28.9 cm³/mol. The maximum Gasteiger partial charge on any atom is 0.336 e. The molecule has 0 saturated carbocycles. The van der Waals surface area contributed by atoms with Crippen LogP contribution in [-0.4, -0.2) is 22.3 Å². The standard InChI is InChI=1S/C4H6O3.H3N/c1-2-3(5)4(6)7;/h2-3,5H,1H2,(H,6,7);1H3. The quantitative estimate of drug-likeness (QED) is 0.438. The Labute approximate surface area is 47.0 Å². The lowest BCUT2D eigenvalue weighted by Gasteiger charge is -1.91. The van der Waals surface area contributed by atoms with Gasteiger partial charge in [-0.05, 0) is 0 Å². The van der Waals surface area contributed by atoms with Crippen molar-refractivity contribution in [3.05, 3.63) is 12.7 Å². The van der Waals surface area contributed by atoms with Gasteiger partial charge in [0.1, 0.15) is 0 Å². The van der Waals surface area contributed by atoms with Gasteiger partial charge in [0, 0.05) is 0 Å². The van der Waals surface area contributed by atoms with Crippen molar-refractivity contribution in [3.63, 3.8) is 0 Å². The van der Waals surface area contributed by atoms with Crippen LogP contribution in [0.2, 0.25) is 0 Å². The second-order valence-corrected chi connectivity index (χ2v) is 1.02. The van der Waals surface area contributed by atoms with Crippen molar-refractivity contribution in [1.82, 2.24) is 6.15 Å². The first-order valence-corrected chi connectivity index (χ1v) is 1.72. The molecule has 4 nitrogen and oxygen atoms in total. The van der Waals surface area contributed by atoms with Gasteiger partial charge in [-0.25, -0.2) is 4.79 Å². The highest BCUT2D eigenvalue weighted by molar-refractivity contribution is 5.73. The van der Waals surface area contributed by atoms with Crippen molar-refractivity contribution in [3.8, 4) is 0 Å². The summed E-state index contributed by atoms with van der Waals surface area (Å²) in [5, 5.41) is 16.1. The maximum absolute atomic E-state index is 9.61. The van der Waals surface area contributed by atoms with Gasteiger partial charge < -0.3 is 16.4 Å². The van der Waals surface area contributed by atoms with Crippen LogP contribution in [0.5, 0.6) is 0 Å². The fourth-order valence-corrected chi connectivity index (χ4v) is 0.101. The van der Waals surface area contributed by atoms with E-state index in [0.29, 0.717) is 0 Å². The SMILES string of the molecule is C=CC(O)C(=O)O.N. The number of hydrogen-bond acceptors (Lipinski definition) is 3. The molecule has 0 amide bonds. The average molecular weight is 119 g/mol. The molecule has 4 heteroatoms. The molecule has 1 atom stereocenters. The third-order valence-corrected chi connectivity index (χ3v) is 0.476. The van der Waals surface area contributed by atoms with Gasteiger partial charge in [0.2, 0.25) is 0 Å². The molecule has 0 radical (unpaired) electrons. The number of rotatable bonds is 2. The first-order chi connectivity index (χ1) is 3.18. The lowest BCUT2D eigenvalue weighted by atomic mass is 10.4. The molecule has 0 aromatic carbocycles. The van der Waals surface area contributed by atoms with E-state index >= 15 is 0 Å². The van der Waals surface area contributed by atoms with Gasteiger partial charge in [-0.3, -0.25) is 0 Å². The maximum atomic E-state index is 9.61. The molecule has 0 fully saturated rings. The van der Waals surface area contributed by atoms with Crippen molar-refractivity contribution >= 4 is 5.97 Å². The highest BCUT2D eigenvalue weighted by Crippen LogP contribution is 1.79. The van der Waals surface area contributed by atoms with E-state index in [1.54, 1.807) is 0 Å². The van der Waals surface area contributed by atoms with Gasteiger partial charge in [0.15, 0.2) is 6.10 Å². The van der Waals surface area contributed by atoms with E-state index in [9.17, 15) is 4.79 Å². The zero-order valence-electron chi connectivity index (χ0n) is 4.37. The minimum absolute atomic E-state index is 0. The highest BCUT2D eigenvalue weighted by atomic mass is 16.4. The van der Waals surface area contributed by atoms with Crippen molar-refractivity contribution in [2.24, 2.45) is 0 Å². The third-order valence-electron chi connectivity index (χ3n) is 0.476. The summed E-state index contributed by atoms with van der Waals surface area (Å²) in [4.78, 5) is 9.61. The van der Waals surface area contributed by atoms with Gasteiger partial charge in [-0.1, -0.05) is 12.7 Å². The topological polar surface area (TPSA) is 92.5 Å². The molecule has 0 aliphatic rings. The summed E-state index contributed by atoms with van der Waals surface area (Å²) in [5.74, 6) is -1.27. The second kappa shape index (κ2) is 4.29. The van der Waals surface area contributed by atoms with Crippen LogP contribution in [0.3, 0.4) is 0 Å². The highest BCUT2D eigenvalue weighted by Gasteiger charge is 2.04. The van der Waals surface area contributed by atoms with Gasteiger partial charge in [0.25, 0.3) is 0 Å². The Balaban J connectivity index is 0. The lowest BCUT2D eigenvalue weighted by molar-refractivity contribution is -0.144. The Morgan fingerprint density at radius 2 is 2.12 bits per heavy atom. The lowest BCUT2D eigenvalue weighted by Crippen LogP contribution is -2.15. The van der Waals surface area contributed by atoms with E-state index in [1.165, 1.54) is 0 Å². The zero-order chi connectivity index (χ0) is 5.86. The number of aliphatic hydroxyl groups is 1. The predicted octanol–water partition coefficient (Wildman–Crippen LogP) is -0.220. The van der Waals surface area contributed by atoms with E-state index in [0.717, 1.165) is 6.08 Å². The van der Waals surface area contributed by atoms with E-state index in [2.05, 4.69) is 6.58 Å². The Morgan fingerprint density at radius 3 is 2.12 bits per heavy atom. The molecule has 5 N–H and O–H groups in total. The number of aliphatic carboxylic acids is 1. The fourth-order valence-electron chi connectivity index (χ4n) is 0.101. The largest absolute Gasteiger partial charge is 0.479 e. The van der Waals surface area contributed by atoms with E-state index in [4.69, 9.17) is 10.2 Å². The molecule has 1 unspecified atom stereocenters. The number of hydrogen-bond donors (Lipinski definition) is 3. The summed E-state index contributed by atoms with van der Waals surface area (Å²) in [6, 6.07) is 0. The normalized spacial score (nSPS) is 11.1. The number of carboxylic acid groups (broad SMARTS) is 1. The number of carboxylic acids is 1. The van der Waals surface area contributed by atoms with Crippen LogP contribution in [-0.2, 0) is 4.79 Å². The molecule has 8 heavy (non-hydrogen) atoms. The fraction of sp³-hybridized carbons (Fsp3) is 0.250. The summed E-state index contributed by atoms with van der Waals surface area (Å²) in [6.07, 6.45) is -0.470. The van der Waals surface area contributed by atoms with Gasteiger partial charge >= 0.3 is 5.97 Å². The first kappa shape index (κ1) is 10.2. The molecule has 0 aliphatic carbocycles. The third kappa shape index (κ3) is 3.32. The molecule has 0 rings (SSSR count). The minimum Gasteiger partial charge on any atom is -0.479 e. The molecular formula is C4H9NO3. The van der Waals surface area contributed by atoms with Crippen LogP contribution in [0, 0.1) is 0 Å². The van der Waals surface area contributed by atoms with Crippen LogP contribution in [0.1, 0.15) is 0 Å². The summed E-state index contributed by atoms with van der Waals surface area (Å²) in [6.45, 7) is 3.05. The van der Waals surface area contributed by atoms with Gasteiger partial charge in [0.05, 0.1) is 0 Å². The van der Waals surface area contributed by atoms with Crippen molar-refractivity contribution in [2.75, 3.05) is 0 Å². The zero-order valence-corrected chi connectivity index (χ0v) is 4.37. The molecule has 0 heterocycles. The van der Waals surface area contributed by atoms with Crippen molar-refractivity contribution < 1.29 is 15.0 Å². The first-order valence-electron chi connectivity index (χ1n) is 1.72. The van der Waals surface area contributed by atoms with Crippen LogP contribution in [0.15, 0.2) is 12.7 Å². The summed E-state index contributed by atoms with van der Waals surface area (Å²) in [7, 11) is 0. The molecule has 0 aromatic heterocycles. The molecule has 0 aromatic rings. The molecule has 0 aliphatic heterocycles. The molecule has 48 valence electrons. The molecule has 0 bridgehead atoms.